The number of hydrogen-bond donors (Lipinski definition) is 0. The fourth-order valence-electron chi connectivity index (χ4n) is 2.76. The van der Waals surface area contributed by atoms with E-state index in [0.29, 0.717) is 11.3 Å². The number of carbonyl (C=O) groups is 1. The molecule has 4 rings (SSSR count). The lowest BCUT2D eigenvalue weighted by atomic mass is 10.1. The Hall–Kier alpha value is -3.55. The van der Waals surface area contributed by atoms with Crippen LogP contribution >= 0.6 is 0 Å². The molecule has 3 aromatic heterocycles. The van der Waals surface area contributed by atoms with Gasteiger partial charge in [-0.15, -0.1) is 0 Å². The molecule has 134 valence electrons. The quantitative estimate of drug-likeness (QED) is 0.512. The topological polar surface area (TPSA) is 60.2 Å². The second-order valence-corrected chi connectivity index (χ2v) is 5.75. The van der Waals surface area contributed by atoms with Crippen molar-refractivity contribution in [2.45, 2.75) is 6.18 Å². The summed E-state index contributed by atoms with van der Waals surface area (Å²) < 4.78 is 40.4. The second kappa shape index (κ2) is 6.31. The maximum atomic E-state index is 13.0. The summed E-state index contributed by atoms with van der Waals surface area (Å²) >= 11 is 0. The van der Waals surface area contributed by atoms with E-state index in [1.54, 1.807) is 30.3 Å². The second-order valence-electron chi connectivity index (χ2n) is 5.75. The molecule has 4 aromatic rings. The maximum absolute atomic E-state index is 13.0. The Balaban J connectivity index is 1.84. The van der Waals surface area contributed by atoms with Gasteiger partial charge in [-0.25, -0.2) is 9.50 Å². The van der Waals surface area contributed by atoms with Crippen molar-refractivity contribution in [1.82, 2.24) is 19.6 Å². The van der Waals surface area contributed by atoms with Gasteiger partial charge < -0.3 is 0 Å². The van der Waals surface area contributed by atoms with Gasteiger partial charge in [-0.05, 0) is 30.3 Å². The van der Waals surface area contributed by atoms with Gasteiger partial charge in [0, 0.05) is 18.0 Å². The molecule has 0 aliphatic rings. The summed E-state index contributed by atoms with van der Waals surface area (Å²) in [5.41, 5.74) is 0.659. The van der Waals surface area contributed by atoms with Crippen molar-refractivity contribution in [3.8, 4) is 11.3 Å². The fraction of sp³-hybridized carbons (Fsp3) is 0.0526. The van der Waals surface area contributed by atoms with E-state index in [1.165, 1.54) is 29.2 Å². The number of pyridine rings is 1. The highest BCUT2D eigenvalue weighted by Crippen LogP contribution is 2.32. The molecule has 0 bridgehead atoms. The van der Waals surface area contributed by atoms with Gasteiger partial charge in [0.2, 0.25) is 5.78 Å². The van der Waals surface area contributed by atoms with Crippen molar-refractivity contribution in [2.75, 3.05) is 0 Å². The molecule has 0 N–H and O–H groups in total. The average Bonchev–Trinajstić information content (AvgIpc) is 3.12. The van der Waals surface area contributed by atoms with Crippen LogP contribution in [0.3, 0.4) is 0 Å². The SMILES string of the molecule is O=C(c1ccccn1)c1cnn2c(-c3cccc(C(F)(F)F)c3)ccnc12. The third kappa shape index (κ3) is 3.05. The van der Waals surface area contributed by atoms with Gasteiger partial charge in [0.1, 0.15) is 5.69 Å². The normalized spacial score (nSPS) is 11.7. The molecule has 0 saturated carbocycles. The van der Waals surface area contributed by atoms with Gasteiger partial charge in [0.25, 0.3) is 0 Å². The minimum absolute atomic E-state index is 0.225. The van der Waals surface area contributed by atoms with Crippen LogP contribution in [0.4, 0.5) is 13.2 Å². The molecule has 0 amide bonds. The van der Waals surface area contributed by atoms with Crippen molar-refractivity contribution in [2.24, 2.45) is 0 Å². The van der Waals surface area contributed by atoms with Crippen LogP contribution in [0.1, 0.15) is 21.6 Å². The van der Waals surface area contributed by atoms with E-state index in [-0.39, 0.29) is 22.7 Å². The Morgan fingerprint density at radius 1 is 0.963 bits per heavy atom. The number of carbonyl (C=O) groups excluding carboxylic acids is 1. The zero-order chi connectivity index (χ0) is 19.0. The number of benzene rings is 1. The van der Waals surface area contributed by atoms with Crippen LogP contribution in [0.15, 0.2) is 67.1 Å². The van der Waals surface area contributed by atoms with Crippen LogP contribution < -0.4 is 0 Å². The Bertz CT molecular complexity index is 1140. The summed E-state index contributed by atoms with van der Waals surface area (Å²) in [6, 6.07) is 11.4. The van der Waals surface area contributed by atoms with E-state index in [4.69, 9.17) is 0 Å². The van der Waals surface area contributed by atoms with E-state index in [1.807, 2.05) is 0 Å². The molecular weight excluding hydrogens is 357 g/mol. The third-order valence-electron chi connectivity index (χ3n) is 4.03. The first kappa shape index (κ1) is 16.9. The Morgan fingerprint density at radius 2 is 1.81 bits per heavy atom. The van der Waals surface area contributed by atoms with Crippen LogP contribution in [-0.4, -0.2) is 25.4 Å². The highest BCUT2D eigenvalue weighted by atomic mass is 19.4. The predicted octanol–water partition coefficient (Wildman–Crippen LogP) is 4.04. The monoisotopic (exact) mass is 368 g/mol. The van der Waals surface area contributed by atoms with Crippen molar-refractivity contribution in [1.29, 1.82) is 0 Å². The molecule has 0 radical (unpaired) electrons. The summed E-state index contributed by atoms with van der Waals surface area (Å²) in [7, 11) is 0. The number of alkyl halides is 3. The summed E-state index contributed by atoms with van der Waals surface area (Å²) in [6.45, 7) is 0. The first-order chi connectivity index (χ1) is 12.9. The zero-order valence-electron chi connectivity index (χ0n) is 13.7. The van der Waals surface area contributed by atoms with E-state index in [0.717, 1.165) is 12.1 Å². The molecule has 8 heteroatoms. The number of hydrogen-bond acceptors (Lipinski definition) is 4. The van der Waals surface area contributed by atoms with E-state index in [2.05, 4.69) is 15.1 Å². The lowest BCUT2D eigenvalue weighted by Gasteiger charge is -2.09. The third-order valence-corrected chi connectivity index (χ3v) is 4.03. The minimum atomic E-state index is -4.45. The molecule has 0 atom stereocenters. The molecule has 0 spiro atoms. The van der Waals surface area contributed by atoms with Crippen LogP contribution in [-0.2, 0) is 6.18 Å². The molecule has 0 saturated heterocycles. The number of nitrogens with zero attached hydrogens (tertiary/aromatic N) is 4. The molecule has 1 aromatic carbocycles. The number of halogens is 3. The Morgan fingerprint density at radius 3 is 2.56 bits per heavy atom. The highest BCUT2D eigenvalue weighted by Gasteiger charge is 2.30. The molecule has 0 unspecified atom stereocenters. The van der Waals surface area contributed by atoms with Crippen LogP contribution in [0, 0.1) is 0 Å². The Kier molecular flexibility index (Phi) is 3.95. The molecule has 0 aliphatic heterocycles. The smallest absolute Gasteiger partial charge is 0.287 e. The summed E-state index contributed by atoms with van der Waals surface area (Å²) in [5, 5.41) is 4.16. The van der Waals surface area contributed by atoms with Crippen molar-refractivity contribution in [3.63, 3.8) is 0 Å². The molecule has 3 heterocycles. The molecule has 5 nitrogen and oxygen atoms in total. The molecule has 0 aliphatic carbocycles. The summed E-state index contributed by atoms with van der Waals surface area (Å²) in [6.07, 6.45) is -0.176. The predicted molar refractivity (Wildman–Crippen MR) is 91.1 cm³/mol. The standard InChI is InChI=1S/C19H11F3N4O/c20-19(21,22)13-5-3-4-12(10-13)16-7-9-24-18-14(11-25-26(16)18)17(27)15-6-1-2-8-23-15/h1-11H. The van der Waals surface area contributed by atoms with Crippen molar-refractivity contribution in [3.05, 3.63) is 83.9 Å². The lowest BCUT2D eigenvalue weighted by molar-refractivity contribution is -0.137. The molecule has 0 fully saturated rings. The largest absolute Gasteiger partial charge is 0.416 e. The number of fused-ring (bicyclic) bond motifs is 1. The van der Waals surface area contributed by atoms with Crippen molar-refractivity contribution >= 4 is 11.4 Å². The van der Waals surface area contributed by atoms with Gasteiger partial charge in [0.05, 0.1) is 23.0 Å². The average molecular weight is 368 g/mol. The summed E-state index contributed by atoms with van der Waals surface area (Å²) in [4.78, 5) is 20.8. The van der Waals surface area contributed by atoms with Crippen molar-refractivity contribution < 1.29 is 18.0 Å². The van der Waals surface area contributed by atoms with E-state index < -0.39 is 11.7 Å². The van der Waals surface area contributed by atoms with E-state index >= 15 is 0 Å². The maximum Gasteiger partial charge on any atom is 0.416 e. The zero-order valence-corrected chi connectivity index (χ0v) is 13.7. The van der Waals surface area contributed by atoms with Crippen LogP contribution in [0.25, 0.3) is 16.9 Å². The first-order valence-electron chi connectivity index (χ1n) is 7.91. The fourth-order valence-corrected chi connectivity index (χ4v) is 2.76. The highest BCUT2D eigenvalue weighted by molar-refractivity contribution is 6.11. The van der Waals surface area contributed by atoms with Gasteiger partial charge in [-0.2, -0.15) is 18.3 Å². The van der Waals surface area contributed by atoms with Crippen LogP contribution in [0.5, 0.6) is 0 Å². The molecular formula is C19H11F3N4O. The number of ketones is 1. The van der Waals surface area contributed by atoms with Gasteiger partial charge >= 0.3 is 6.18 Å². The number of aromatic nitrogens is 4. The molecule has 27 heavy (non-hydrogen) atoms. The number of rotatable bonds is 3. The van der Waals surface area contributed by atoms with E-state index in [9.17, 15) is 18.0 Å². The lowest BCUT2D eigenvalue weighted by Crippen LogP contribution is -2.06. The Labute approximate surface area is 151 Å². The van der Waals surface area contributed by atoms with Crippen LogP contribution in [0.2, 0.25) is 0 Å². The summed E-state index contributed by atoms with van der Waals surface area (Å²) in [5.74, 6) is -0.362. The van der Waals surface area contributed by atoms with Gasteiger partial charge in [-0.3, -0.25) is 9.78 Å². The minimum Gasteiger partial charge on any atom is -0.287 e. The van der Waals surface area contributed by atoms with Gasteiger partial charge in [-0.1, -0.05) is 18.2 Å². The first-order valence-corrected chi connectivity index (χ1v) is 7.91. The van der Waals surface area contributed by atoms with Gasteiger partial charge in [0.15, 0.2) is 5.65 Å².